The molecule has 0 unspecified atom stereocenters. The number of imidazole rings is 1. The van der Waals surface area contributed by atoms with E-state index in [4.69, 9.17) is 4.74 Å². The SMILES string of the molecule is CC.CC(C)(C)OC(=O)N1CCC[C@H]1c1ncc(-c2ccc(Br)cc2)[nH]1. The van der Waals surface area contributed by atoms with Crippen molar-refractivity contribution in [1.82, 2.24) is 14.9 Å². The molecule has 3 rings (SSSR count). The van der Waals surface area contributed by atoms with E-state index in [1.165, 1.54) is 0 Å². The van der Waals surface area contributed by atoms with Crippen molar-refractivity contribution in [3.63, 3.8) is 0 Å². The number of nitrogens with zero attached hydrogens (tertiary/aromatic N) is 2. The highest BCUT2D eigenvalue weighted by molar-refractivity contribution is 9.10. The number of halogens is 1. The van der Waals surface area contributed by atoms with Crippen LogP contribution in [0.25, 0.3) is 11.3 Å². The zero-order chi connectivity index (χ0) is 19.3. The number of hydrogen-bond acceptors (Lipinski definition) is 3. The van der Waals surface area contributed by atoms with Gasteiger partial charge in [-0.1, -0.05) is 41.9 Å². The van der Waals surface area contributed by atoms with E-state index in [-0.39, 0.29) is 12.1 Å². The minimum absolute atomic E-state index is 0.0518. The number of carbonyl (C=O) groups excluding carboxylic acids is 1. The van der Waals surface area contributed by atoms with E-state index in [1.807, 2.05) is 65.1 Å². The van der Waals surface area contributed by atoms with Crippen LogP contribution in [0.5, 0.6) is 0 Å². The standard InChI is InChI=1S/C18H22BrN3O2.C2H6/c1-18(2,3)24-17(23)22-10-4-5-15(22)16-20-11-14(21-16)12-6-8-13(19)9-7-12;1-2/h6-9,11,15H,4-5,10H2,1-3H3,(H,20,21);1-2H3/t15-;/m0./s1. The molecule has 6 heteroatoms. The van der Waals surface area contributed by atoms with Crippen LogP contribution in [-0.4, -0.2) is 33.1 Å². The van der Waals surface area contributed by atoms with Gasteiger partial charge >= 0.3 is 6.09 Å². The van der Waals surface area contributed by atoms with Crippen molar-refractivity contribution in [2.75, 3.05) is 6.54 Å². The molecule has 26 heavy (non-hydrogen) atoms. The number of H-pyrrole nitrogens is 1. The molecule has 0 aliphatic carbocycles. The molecular formula is C20H28BrN3O2. The molecule has 0 radical (unpaired) electrons. The van der Waals surface area contributed by atoms with Gasteiger partial charge in [0.2, 0.25) is 0 Å². The van der Waals surface area contributed by atoms with E-state index >= 15 is 0 Å². The zero-order valence-electron chi connectivity index (χ0n) is 16.2. The molecule has 1 N–H and O–H groups in total. The van der Waals surface area contributed by atoms with Gasteiger partial charge in [0, 0.05) is 11.0 Å². The molecule has 1 atom stereocenters. The molecule has 0 saturated carbocycles. The van der Waals surface area contributed by atoms with Gasteiger partial charge in [-0.3, -0.25) is 4.90 Å². The molecule has 142 valence electrons. The van der Waals surface area contributed by atoms with Crippen molar-refractivity contribution in [3.05, 3.63) is 40.8 Å². The van der Waals surface area contributed by atoms with Crippen LogP contribution in [0.1, 0.15) is 59.3 Å². The van der Waals surface area contributed by atoms with Crippen molar-refractivity contribution in [2.45, 2.75) is 59.1 Å². The highest BCUT2D eigenvalue weighted by atomic mass is 79.9. The van der Waals surface area contributed by atoms with Crippen molar-refractivity contribution >= 4 is 22.0 Å². The molecule has 2 heterocycles. The largest absolute Gasteiger partial charge is 0.444 e. The van der Waals surface area contributed by atoms with Gasteiger partial charge in [-0.25, -0.2) is 9.78 Å². The number of carbonyl (C=O) groups is 1. The van der Waals surface area contributed by atoms with Gasteiger partial charge in [-0.2, -0.15) is 0 Å². The molecule has 1 amide bonds. The number of hydrogen-bond donors (Lipinski definition) is 1. The van der Waals surface area contributed by atoms with Gasteiger partial charge in [0.05, 0.1) is 17.9 Å². The number of amides is 1. The number of ether oxygens (including phenoxy) is 1. The average Bonchev–Trinajstić information content (AvgIpc) is 3.25. The summed E-state index contributed by atoms with van der Waals surface area (Å²) in [7, 11) is 0. The summed E-state index contributed by atoms with van der Waals surface area (Å²) < 4.78 is 6.56. The topological polar surface area (TPSA) is 58.2 Å². The quantitative estimate of drug-likeness (QED) is 0.652. The van der Waals surface area contributed by atoms with E-state index in [2.05, 4.69) is 25.9 Å². The summed E-state index contributed by atoms with van der Waals surface area (Å²) in [5.41, 5.74) is 1.53. The van der Waals surface area contributed by atoms with Crippen molar-refractivity contribution in [3.8, 4) is 11.3 Å². The van der Waals surface area contributed by atoms with Crippen molar-refractivity contribution in [1.29, 1.82) is 0 Å². The normalized spacial score (nSPS) is 16.8. The summed E-state index contributed by atoms with van der Waals surface area (Å²) in [5, 5.41) is 0. The van der Waals surface area contributed by atoms with Crippen LogP contribution in [0, 0.1) is 0 Å². The molecule has 5 nitrogen and oxygen atoms in total. The van der Waals surface area contributed by atoms with Crippen LogP contribution >= 0.6 is 15.9 Å². The van der Waals surface area contributed by atoms with Crippen LogP contribution in [0.2, 0.25) is 0 Å². The first-order valence-electron chi connectivity index (χ1n) is 9.14. The predicted molar refractivity (Wildman–Crippen MR) is 108 cm³/mol. The van der Waals surface area contributed by atoms with E-state index in [0.717, 1.165) is 34.4 Å². The molecule has 0 spiro atoms. The van der Waals surface area contributed by atoms with Crippen molar-refractivity contribution < 1.29 is 9.53 Å². The Balaban J connectivity index is 0.00000117. The van der Waals surface area contributed by atoms with Gasteiger partial charge in [-0.15, -0.1) is 0 Å². The molecule has 0 bridgehead atoms. The number of aromatic amines is 1. The summed E-state index contributed by atoms with van der Waals surface area (Å²) in [6.07, 6.45) is 3.40. The first kappa shape index (κ1) is 20.5. The van der Waals surface area contributed by atoms with Crippen LogP contribution in [0.3, 0.4) is 0 Å². The maximum atomic E-state index is 12.4. The summed E-state index contributed by atoms with van der Waals surface area (Å²) in [5.74, 6) is 0.816. The molecule has 1 aromatic heterocycles. The Kier molecular flexibility index (Phi) is 6.87. The number of rotatable bonds is 2. The minimum atomic E-state index is -0.490. The minimum Gasteiger partial charge on any atom is -0.444 e. The lowest BCUT2D eigenvalue weighted by Gasteiger charge is -2.27. The van der Waals surface area contributed by atoms with E-state index in [9.17, 15) is 4.79 Å². The average molecular weight is 422 g/mol. The molecule has 2 aromatic rings. The van der Waals surface area contributed by atoms with Gasteiger partial charge in [0.25, 0.3) is 0 Å². The highest BCUT2D eigenvalue weighted by Gasteiger charge is 2.34. The Morgan fingerprint density at radius 3 is 2.54 bits per heavy atom. The fourth-order valence-corrected chi connectivity index (χ4v) is 3.14. The first-order chi connectivity index (χ1) is 12.3. The lowest BCUT2D eigenvalue weighted by atomic mass is 10.2. The second-order valence-corrected chi connectivity index (χ2v) is 7.94. The van der Waals surface area contributed by atoms with Crippen LogP contribution in [0.15, 0.2) is 34.9 Å². The van der Waals surface area contributed by atoms with E-state index in [0.29, 0.717) is 6.54 Å². The maximum Gasteiger partial charge on any atom is 0.410 e. The lowest BCUT2D eigenvalue weighted by Crippen LogP contribution is -2.36. The monoisotopic (exact) mass is 421 g/mol. The maximum absolute atomic E-state index is 12.4. The van der Waals surface area contributed by atoms with E-state index < -0.39 is 5.60 Å². The number of benzene rings is 1. The molecular weight excluding hydrogens is 394 g/mol. The molecule has 1 aliphatic heterocycles. The fourth-order valence-electron chi connectivity index (χ4n) is 2.87. The third-order valence-electron chi connectivity index (χ3n) is 3.95. The lowest BCUT2D eigenvalue weighted by molar-refractivity contribution is 0.0219. The van der Waals surface area contributed by atoms with Crippen LogP contribution in [-0.2, 0) is 4.74 Å². The van der Waals surface area contributed by atoms with Crippen LogP contribution < -0.4 is 0 Å². The summed E-state index contributed by atoms with van der Waals surface area (Å²) in [4.78, 5) is 22.1. The summed E-state index contributed by atoms with van der Waals surface area (Å²) in [6.45, 7) is 10.4. The van der Waals surface area contributed by atoms with Crippen molar-refractivity contribution in [2.24, 2.45) is 0 Å². The Morgan fingerprint density at radius 2 is 1.92 bits per heavy atom. The molecule has 1 saturated heterocycles. The smallest absolute Gasteiger partial charge is 0.410 e. The third-order valence-corrected chi connectivity index (χ3v) is 4.48. The highest BCUT2D eigenvalue weighted by Crippen LogP contribution is 2.32. The van der Waals surface area contributed by atoms with Gasteiger partial charge in [-0.05, 0) is 51.3 Å². The van der Waals surface area contributed by atoms with E-state index in [1.54, 1.807) is 4.90 Å². The Bertz CT molecular complexity index is 719. The van der Waals surface area contributed by atoms with Gasteiger partial charge < -0.3 is 9.72 Å². The Hall–Kier alpha value is -1.82. The molecule has 1 aliphatic rings. The first-order valence-corrected chi connectivity index (χ1v) is 9.93. The number of aromatic nitrogens is 2. The Labute approximate surface area is 164 Å². The van der Waals surface area contributed by atoms with Gasteiger partial charge in [0.1, 0.15) is 11.4 Å². The molecule has 1 aromatic carbocycles. The Morgan fingerprint density at radius 1 is 1.27 bits per heavy atom. The van der Waals surface area contributed by atoms with Gasteiger partial charge in [0.15, 0.2) is 0 Å². The zero-order valence-corrected chi connectivity index (χ0v) is 17.8. The summed E-state index contributed by atoms with van der Waals surface area (Å²) >= 11 is 3.44. The second-order valence-electron chi connectivity index (χ2n) is 7.02. The second kappa shape index (κ2) is 8.71. The number of likely N-dealkylation sites (tertiary alicyclic amines) is 1. The predicted octanol–water partition coefficient (Wildman–Crippen LogP) is 5.94. The fraction of sp³-hybridized carbons (Fsp3) is 0.500. The third kappa shape index (κ3) is 5.10. The van der Waals surface area contributed by atoms with Crippen LogP contribution in [0.4, 0.5) is 4.79 Å². The molecule has 1 fully saturated rings. The summed E-state index contributed by atoms with van der Waals surface area (Å²) in [6, 6.07) is 8.00. The number of nitrogens with one attached hydrogen (secondary N) is 1.